The fraction of sp³-hybridized carbons (Fsp3) is 0.400. The van der Waals surface area contributed by atoms with Gasteiger partial charge in [0.15, 0.2) is 5.69 Å². The van der Waals surface area contributed by atoms with Crippen molar-refractivity contribution in [3.8, 4) is 0 Å². The molecule has 1 aromatic carbocycles. The average molecular weight is 376 g/mol. The molecule has 1 amide bonds. The summed E-state index contributed by atoms with van der Waals surface area (Å²) in [7, 11) is 0. The van der Waals surface area contributed by atoms with Gasteiger partial charge in [0.1, 0.15) is 18.0 Å². The number of amides is 1. The minimum absolute atomic E-state index is 0.0408. The molecule has 0 aliphatic carbocycles. The Balaban J connectivity index is 1.72. The Kier molecular flexibility index (Phi) is 4.65. The number of rotatable bonds is 5. The fourth-order valence-corrected chi connectivity index (χ4v) is 2.39. The molecule has 1 aliphatic rings. The van der Waals surface area contributed by atoms with Crippen molar-refractivity contribution in [2.75, 3.05) is 19.9 Å². The predicted octanol–water partition coefficient (Wildman–Crippen LogP) is 1.95. The van der Waals surface area contributed by atoms with Crippen molar-refractivity contribution >= 4 is 5.91 Å². The summed E-state index contributed by atoms with van der Waals surface area (Å²) < 4.78 is 70.5. The topological polar surface area (TPSA) is 69.0 Å². The molecule has 26 heavy (non-hydrogen) atoms. The zero-order chi connectivity index (χ0) is 18.9. The van der Waals surface area contributed by atoms with Gasteiger partial charge in [-0.05, 0) is 17.7 Å². The normalized spacial score (nSPS) is 16.2. The quantitative estimate of drug-likeness (QED) is 0.810. The summed E-state index contributed by atoms with van der Waals surface area (Å²) in [6.07, 6.45) is -3.61. The van der Waals surface area contributed by atoms with Crippen LogP contribution in [-0.4, -0.2) is 46.3 Å². The third-order valence-electron chi connectivity index (χ3n) is 3.84. The largest absolute Gasteiger partial charge is 0.419 e. The van der Waals surface area contributed by atoms with Gasteiger partial charge in [-0.2, -0.15) is 13.2 Å². The van der Waals surface area contributed by atoms with E-state index in [1.54, 1.807) is 0 Å². The molecular weight excluding hydrogens is 363 g/mol. The van der Waals surface area contributed by atoms with Crippen molar-refractivity contribution in [1.82, 2.24) is 20.3 Å². The Hall–Kier alpha value is -2.56. The number of nitrogens with zero attached hydrogens (tertiary/aromatic N) is 3. The highest BCUT2D eigenvalue weighted by atomic mass is 19.4. The van der Waals surface area contributed by atoms with E-state index in [0.29, 0.717) is 12.1 Å². The Labute approximate surface area is 143 Å². The maximum absolute atomic E-state index is 13.3. The van der Waals surface area contributed by atoms with Gasteiger partial charge in [0.25, 0.3) is 5.91 Å². The van der Waals surface area contributed by atoms with Gasteiger partial charge in [0, 0.05) is 0 Å². The monoisotopic (exact) mass is 376 g/mol. The lowest BCUT2D eigenvalue weighted by atomic mass is 9.99. The molecule has 0 spiro atoms. The lowest BCUT2D eigenvalue weighted by molar-refractivity contribution is -0.140. The number of carbonyl (C=O) groups excluding carboxylic acids is 1. The summed E-state index contributed by atoms with van der Waals surface area (Å²) in [6, 6.07) is 2.56. The molecule has 1 aliphatic heterocycles. The van der Waals surface area contributed by atoms with Crippen LogP contribution in [0.4, 0.5) is 22.0 Å². The lowest BCUT2D eigenvalue weighted by Gasteiger charge is -2.39. The summed E-state index contributed by atoms with van der Waals surface area (Å²) in [4.78, 5) is 12.1. The Morgan fingerprint density at radius 2 is 2.08 bits per heavy atom. The van der Waals surface area contributed by atoms with Crippen LogP contribution < -0.4 is 5.32 Å². The molecule has 2 aromatic rings. The van der Waals surface area contributed by atoms with Crippen molar-refractivity contribution in [2.24, 2.45) is 0 Å². The maximum Gasteiger partial charge on any atom is 0.419 e. The number of aromatic nitrogens is 3. The first-order valence-electron chi connectivity index (χ1n) is 7.44. The van der Waals surface area contributed by atoms with E-state index < -0.39 is 35.7 Å². The molecule has 0 atom stereocenters. The Morgan fingerprint density at radius 1 is 1.35 bits per heavy atom. The molecule has 6 nitrogen and oxygen atoms in total. The van der Waals surface area contributed by atoms with Crippen LogP contribution in [-0.2, 0) is 17.5 Å². The second kappa shape index (κ2) is 6.63. The first-order chi connectivity index (χ1) is 12.2. The molecule has 2 heterocycles. The van der Waals surface area contributed by atoms with Gasteiger partial charge in [-0.1, -0.05) is 11.3 Å². The maximum atomic E-state index is 13.3. The number of carbonyl (C=O) groups is 1. The summed E-state index contributed by atoms with van der Waals surface area (Å²) >= 11 is 0. The molecule has 1 N–H and O–H groups in total. The van der Waals surface area contributed by atoms with Crippen molar-refractivity contribution in [3.63, 3.8) is 0 Å². The molecule has 1 saturated heterocycles. The molecule has 3 rings (SSSR count). The zero-order valence-corrected chi connectivity index (χ0v) is 13.2. The second-order valence-corrected chi connectivity index (χ2v) is 5.97. The minimum atomic E-state index is -4.82. The van der Waals surface area contributed by atoms with Gasteiger partial charge in [0.2, 0.25) is 0 Å². The van der Waals surface area contributed by atoms with E-state index in [-0.39, 0.29) is 31.0 Å². The molecule has 0 bridgehead atoms. The summed E-state index contributed by atoms with van der Waals surface area (Å²) in [5.74, 6) is -2.05. The van der Waals surface area contributed by atoms with Gasteiger partial charge in [0.05, 0.1) is 31.5 Å². The standard InChI is InChI=1S/C15H13F5N4O2/c16-6-14(7-26-8-14)21-13(25)12-5-24(23-22-12)4-9-1-2-11(17)10(3-9)15(18,19)20/h1-3,5H,4,6-8H2,(H,21,25). The van der Waals surface area contributed by atoms with Crippen molar-refractivity contribution < 1.29 is 31.5 Å². The highest BCUT2D eigenvalue weighted by molar-refractivity contribution is 5.92. The second-order valence-electron chi connectivity index (χ2n) is 5.97. The van der Waals surface area contributed by atoms with E-state index in [2.05, 4.69) is 15.6 Å². The van der Waals surface area contributed by atoms with Crippen LogP contribution in [0.15, 0.2) is 24.4 Å². The molecule has 0 saturated carbocycles. The molecule has 140 valence electrons. The van der Waals surface area contributed by atoms with E-state index in [4.69, 9.17) is 4.74 Å². The SMILES string of the molecule is O=C(NC1(CF)COC1)c1cn(Cc2ccc(F)c(C(F)(F)F)c2)nn1. The Morgan fingerprint density at radius 3 is 2.65 bits per heavy atom. The third kappa shape index (κ3) is 3.66. The molecule has 1 fully saturated rings. The minimum Gasteiger partial charge on any atom is -0.376 e. The number of hydrogen-bond donors (Lipinski definition) is 1. The van der Waals surface area contributed by atoms with Crippen LogP contribution in [0.2, 0.25) is 0 Å². The van der Waals surface area contributed by atoms with Gasteiger partial charge >= 0.3 is 6.18 Å². The highest BCUT2D eigenvalue weighted by Crippen LogP contribution is 2.32. The number of nitrogens with one attached hydrogen (secondary N) is 1. The van der Waals surface area contributed by atoms with E-state index in [0.717, 1.165) is 4.68 Å². The van der Waals surface area contributed by atoms with Gasteiger partial charge in [-0.15, -0.1) is 5.10 Å². The molecule has 0 unspecified atom stereocenters. The van der Waals surface area contributed by atoms with Crippen molar-refractivity contribution in [2.45, 2.75) is 18.3 Å². The first kappa shape index (κ1) is 18.2. The predicted molar refractivity (Wildman–Crippen MR) is 77.5 cm³/mol. The first-order valence-corrected chi connectivity index (χ1v) is 7.44. The summed E-state index contributed by atoms with van der Waals surface area (Å²) in [5, 5.41) is 9.73. The highest BCUT2D eigenvalue weighted by Gasteiger charge is 2.41. The smallest absolute Gasteiger partial charge is 0.376 e. The van der Waals surface area contributed by atoms with Crippen LogP contribution in [0.5, 0.6) is 0 Å². The molecular formula is C15H13F5N4O2. The number of benzene rings is 1. The average Bonchev–Trinajstić information content (AvgIpc) is 3.00. The molecule has 11 heteroatoms. The van der Waals surface area contributed by atoms with Crippen LogP contribution >= 0.6 is 0 Å². The van der Waals surface area contributed by atoms with E-state index >= 15 is 0 Å². The Bertz CT molecular complexity index is 811. The lowest BCUT2D eigenvalue weighted by Crippen LogP contribution is -2.63. The molecule has 0 radical (unpaired) electrons. The van der Waals surface area contributed by atoms with Crippen LogP contribution in [0.1, 0.15) is 21.6 Å². The van der Waals surface area contributed by atoms with Crippen LogP contribution in [0.3, 0.4) is 0 Å². The number of alkyl halides is 4. The molecule has 1 aromatic heterocycles. The van der Waals surface area contributed by atoms with Crippen LogP contribution in [0, 0.1) is 5.82 Å². The third-order valence-corrected chi connectivity index (χ3v) is 3.84. The summed E-state index contributed by atoms with van der Waals surface area (Å²) in [6.45, 7) is -0.873. The van der Waals surface area contributed by atoms with E-state index in [1.165, 1.54) is 12.3 Å². The van der Waals surface area contributed by atoms with E-state index in [9.17, 15) is 26.7 Å². The number of ether oxygens (including phenoxy) is 1. The fourth-order valence-electron chi connectivity index (χ4n) is 2.39. The van der Waals surface area contributed by atoms with Gasteiger partial charge in [-0.3, -0.25) is 4.79 Å². The van der Waals surface area contributed by atoms with E-state index in [1.807, 2.05) is 0 Å². The van der Waals surface area contributed by atoms with Crippen LogP contribution in [0.25, 0.3) is 0 Å². The number of halogens is 5. The number of hydrogen-bond acceptors (Lipinski definition) is 4. The van der Waals surface area contributed by atoms with Crippen molar-refractivity contribution in [3.05, 3.63) is 47.0 Å². The summed E-state index contributed by atoms with van der Waals surface area (Å²) in [5.41, 5.74) is -2.46. The van der Waals surface area contributed by atoms with Gasteiger partial charge in [-0.25, -0.2) is 13.5 Å². The van der Waals surface area contributed by atoms with Crippen molar-refractivity contribution in [1.29, 1.82) is 0 Å². The zero-order valence-electron chi connectivity index (χ0n) is 13.2. The van der Waals surface area contributed by atoms with Gasteiger partial charge < -0.3 is 10.1 Å².